The van der Waals surface area contributed by atoms with Crippen molar-refractivity contribution >= 4 is 32.3 Å². The molecule has 15 heavy (non-hydrogen) atoms. The Balaban J connectivity index is 2.63. The van der Waals surface area contributed by atoms with Crippen LogP contribution in [-0.2, 0) is 0 Å². The van der Waals surface area contributed by atoms with Crippen LogP contribution in [0.5, 0.6) is 0 Å². The Kier molecular flexibility index (Phi) is 1.83. The van der Waals surface area contributed by atoms with E-state index in [1.807, 2.05) is 25.4 Å². The lowest BCUT2D eigenvalue weighted by molar-refractivity contribution is 1.08. The first kappa shape index (κ1) is 8.92. The highest BCUT2D eigenvalue weighted by Gasteiger charge is 2.08. The van der Waals surface area contributed by atoms with Crippen LogP contribution in [0.25, 0.3) is 16.4 Å². The number of aromatic nitrogens is 2. The lowest BCUT2D eigenvalue weighted by Gasteiger charge is -1.96. The van der Waals surface area contributed by atoms with Crippen molar-refractivity contribution in [1.82, 2.24) is 9.38 Å². The summed E-state index contributed by atoms with van der Waals surface area (Å²) in [6, 6.07) is 10.4. The molecule has 0 fully saturated rings. The summed E-state index contributed by atoms with van der Waals surface area (Å²) < 4.78 is 3.25. The highest BCUT2D eigenvalue weighted by Crippen LogP contribution is 2.30. The highest BCUT2D eigenvalue weighted by atomic mass is 79.9. The monoisotopic (exact) mass is 260 g/mol. The first-order chi connectivity index (χ1) is 7.27. The van der Waals surface area contributed by atoms with Crippen LogP contribution >= 0.6 is 15.9 Å². The highest BCUT2D eigenvalue weighted by molar-refractivity contribution is 9.10. The van der Waals surface area contributed by atoms with Crippen molar-refractivity contribution in [1.29, 1.82) is 0 Å². The Hall–Kier alpha value is -1.35. The summed E-state index contributed by atoms with van der Waals surface area (Å²) in [7, 11) is 0. The standard InChI is InChI=1S/C12H9BrN2/c1-8-6-11-12(13)9-4-2-3-5-10(9)15(11)7-14-8/h2-7H,1H3. The zero-order chi connectivity index (χ0) is 10.4. The molecular weight excluding hydrogens is 252 g/mol. The van der Waals surface area contributed by atoms with Gasteiger partial charge in [0, 0.05) is 11.1 Å². The molecule has 2 nitrogen and oxygen atoms in total. The van der Waals surface area contributed by atoms with Crippen molar-refractivity contribution in [2.75, 3.05) is 0 Å². The fraction of sp³-hybridized carbons (Fsp3) is 0.0833. The number of aryl methyl sites for hydroxylation is 1. The van der Waals surface area contributed by atoms with E-state index >= 15 is 0 Å². The van der Waals surface area contributed by atoms with Crippen molar-refractivity contribution in [3.05, 3.63) is 46.8 Å². The van der Waals surface area contributed by atoms with Crippen molar-refractivity contribution in [2.45, 2.75) is 6.92 Å². The summed E-state index contributed by atoms with van der Waals surface area (Å²) in [5, 5.41) is 1.23. The smallest absolute Gasteiger partial charge is 0.0999 e. The number of hydrogen-bond acceptors (Lipinski definition) is 1. The lowest BCUT2D eigenvalue weighted by atomic mass is 10.2. The van der Waals surface area contributed by atoms with Gasteiger partial charge in [0.2, 0.25) is 0 Å². The first-order valence-electron chi connectivity index (χ1n) is 4.78. The van der Waals surface area contributed by atoms with E-state index in [1.165, 1.54) is 16.4 Å². The number of hydrogen-bond donors (Lipinski definition) is 0. The average Bonchev–Trinajstić information content (AvgIpc) is 2.54. The molecule has 2 aromatic heterocycles. The maximum Gasteiger partial charge on any atom is 0.0999 e. The van der Waals surface area contributed by atoms with E-state index in [4.69, 9.17) is 0 Å². The minimum Gasteiger partial charge on any atom is -0.299 e. The summed E-state index contributed by atoms with van der Waals surface area (Å²) in [4.78, 5) is 4.31. The van der Waals surface area contributed by atoms with E-state index in [-0.39, 0.29) is 0 Å². The molecule has 74 valence electrons. The van der Waals surface area contributed by atoms with Crippen molar-refractivity contribution in [3.63, 3.8) is 0 Å². The number of nitrogens with zero attached hydrogens (tertiary/aromatic N) is 2. The summed E-state index contributed by atoms with van der Waals surface area (Å²) in [5.41, 5.74) is 3.39. The SMILES string of the molecule is Cc1cc2c(Br)c3ccccc3n2cn1. The van der Waals surface area contributed by atoms with Gasteiger partial charge in [0.05, 0.1) is 21.8 Å². The summed E-state index contributed by atoms with van der Waals surface area (Å²) in [6.45, 7) is 2.00. The number of rotatable bonds is 0. The topological polar surface area (TPSA) is 17.3 Å². The quantitative estimate of drug-likeness (QED) is 0.604. The molecule has 0 aliphatic heterocycles. The molecule has 3 rings (SSSR count). The van der Waals surface area contributed by atoms with Crippen LogP contribution in [0.2, 0.25) is 0 Å². The maximum absolute atomic E-state index is 4.31. The second-order valence-corrected chi connectivity index (χ2v) is 4.41. The van der Waals surface area contributed by atoms with Gasteiger partial charge in [0.15, 0.2) is 0 Å². The fourth-order valence-electron chi connectivity index (χ4n) is 1.88. The molecule has 0 atom stereocenters. The first-order valence-corrected chi connectivity index (χ1v) is 5.57. The van der Waals surface area contributed by atoms with Gasteiger partial charge in [-0.05, 0) is 35.0 Å². The van der Waals surface area contributed by atoms with Gasteiger partial charge < -0.3 is 0 Å². The second-order valence-electron chi connectivity index (χ2n) is 3.62. The molecule has 1 aromatic carbocycles. The second kappa shape index (κ2) is 3.07. The van der Waals surface area contributed by atoms with Gasteiger partial charge in [-0.2, -0.15) is 0 Å². The van der Waals surface area contributed by atoms with E-state index < -0.39 is 0 Å². The van der Waals surface area contributed by atoms with Gasteiger partial charge in [0.1, 0.15) is 0 Å². The zero-order valence-electron chi connectivity index (χ0n) is 8.24. The van der Waals surface area contributed by atoms with E-state index in [0.717, 1.165) is 10.2 Å². The van der Waals surface area contributed by atoms with Crippen LogP contribution in [0.15, 0.2) is 41.1 Å². The Labute approximate surface area is 95.7 Å². The van der Waals surface area contributed by atoms with Crippen molar-refractivity contribution < 1.29 is 0 Å². The number of benzene rings is 1. The molecule has 0 bridgehead atoms. The minimum absolute atomic E-state index is 1.03. The molecule has 0 aliphatic rings. The van der Waals surface area contributed by atoms with Crippen LogP contribution in [0.1, 0.15) is 5.69 Å². The molecule has 2 heterocycles. The molecule has 0 N–H and O–H groups in total. The minimum atomic E-state index is 1.03. The molecule has 0 saturated carbocycles. The van der Waals surface area contributed by atoms with E-state index in [0.29, 0.717) is 0 Å². The molecule has 0 aliphatic carbocycles. The van der Waals surface area contributed by atoms with E-state index in [9.17, 15) is 0 Å². The van der Waals surface area contributed by atoms with Crippen LogP contribution in [0, 0.1) is 6.92 Å². The van der Waals surface area contributed by atoms with Crippen LogP contribution in [0.4, 0.5) is 0 Å². The normalized spacial score (nSPS) is 11.3. The molecule has 3 aromatic rings. The lowest BCUT2D eigenvalue weighted by Crippen LogP contribution is -1.88. The van der Waals surface area contributed by atoms with Gasteiger partial charge in [-0.1, -0.05) is 18.2 Å². The molecule has 0 unspecified atom stereocenters. The van der Waals surface area contributed by atoms with Crippen molar-refractivity contribution in [3.8, 4) is 0 Å². The zero-order valence-corrected chi connectivity index (χ0v) is 9.82. The van der Waals surface area contributed by atoms with Gasteiger partial charge >= 0.3 is 0 Å². The average molecular weight is 261 g/mol. The summed E-state index contributed by atoms with van der Waals surface area (Å²) in [6.07, 6.45) is 1.87. The van der Waals surface area contributed by atoms with Gasteiger partial charge in [0.25, 0.3) is 0 Å². The third kappa shape index (κ3) is 1.20. The largest absolute Gasteiger partial charge is 0.299 e. The van der Waals surface area contributed by atoms with Crippen molar-refractivity contribution in [2.24, 2.45) is 0 Å². The van der Waals surface area contributed by atoms with E-state index in [1.54, 1.807) is 0 Å². The summed E-state index contributed by atoms with van der Waals surface area (Å²) >= 11 is 3.64. The van der Waals surface area contributed by atoms with Gasteiger partial charge in [-0.3, -0.25) is 4.40 Å². The van der Waals surface area contributed by atoms with Crippen LogP contribution in [-0.4, -0.2) is 9.38 Å². The molecular formula is C12H9BrN2. The Morgan fingerprint density at radius 2 is 2.00 bits per heavy atom. The van der Waals surface area contributed by atoms with Crippen LogP contribution < -0.4 is 0 Å². The third-order valence-corrected chi connectivity index (χ3v) is 3.44. The predicted molar refractivity (Wildman–Crippen MR) is 65.1 cm³/mol. The Morgan fingerprint density at radius 1 is 1.20 bits per heavy atom. The van der Waals surface area contributed by atoms with E-state index in [2.05, 4.69) is 43.5 Å². The molecule has 0 amide bonds. The van der Waals surface area contributed by atoms with Gasteiger partial charge in [-0.25, -0.2) is 4.98 Å². The molecule has 0 saturated heterocycles. The summed E-state index contributed by atoms with van der Waals surface area (Å²) in [5.74, 6) is 0. The molecule has 0 spiro atoms. The number of para-hydroxylation sites is 1. The predicted octanol–water partition coefficient (Wildman–Crippen LogP) is 3.56. The molecule has 3 heteroatoms. The fourth-order valence-corrected chi connectivity index (χ4v) is 2.52. The molecule has 0 radical (unpaired) electrons. The number of fused-ring (bicyclic) bond motifs is 3. The number of halogens is 1. The maximum atomic E-state index is 4.31. The Morgan fingerprint density at radius 3 is 2.87 bits per heavy atom. The Bertz CT molecular complexity index is 655. The van der Waals surface area contributed by atoms with Crippen LogP contribution in [0.3, 0.4) is 0 Å². The van der Waals surface area contributed by atoms with Gasteiger partial charge in [-0.15, -0.1) is 0 Å². The third-order valence-electron chi connectivity index (χ3n) is 2.61.